The molecule has 0 spiro atoms. The number of aromatic amines is 1. The van der Waals surface area contributed by atoms with Gasteiger partial charge in [-0.3, -0.25) is 4.79 Å². The van der Waals surface area contributed by atoms with Crippen molar-refractivity contribution in [1.29, 1.82) is 0 Å². The summed E-state index contributed by atoms with van der Waals surface area (Å²) in [5.41, 5.74) is 6.07. The number of rotatable bonds is 1. The van der Waals surface area contributed by atoms with Crippen LogP contribution in [0.5, 0.6) is 0 Å². The fourth-order valence-electron chi connectivity index (χ4n) is 1.11. The molecule has 1 atom stereocenters. The minimum Gasteiger partial charge on any atom is -0.457 e. The standard InChI is InChI=1S/C8H9N3O2/c1-4(9)7-10-5-2-3-13-6(5)8(12)11-7/h2-4H,9H2,1H3,(H,10,11,12). The molecule has 2 aromatic heterocycles. The van der Waals surface area contributed by atoms with Crippen molar-refractivity contribution in [3.63, 3.8) is 0 Å². The molecule has 0 saturated heterocycles. The number of hydrogen-bond donors (Lipinski definition) is 2. The van der Waals surface area contributed by atoms with Crippen LogP contribution in [0.4, 0.5) is 0 Å². The monoisotopic (exact) mass is 179 g/mol. The highest BCUT2D eigenvalue weighted by molar-refractivity contribution is 5.70. The second-order valence-electron chi connectivity index (χ2n) is 2.87. The first-order valence-electron chi connectivity index (χ1n) is 3.91. The average molecular weight is 179 g/mol. The zero-order valence-electron chi connectivity index (χ0n) is 7.07. The molecule has 2 rings (SSSR count). The normalized spacial score (nSPS) is 13.4. The fraction of sp³-hybridized carbons (Fsp3) is 0.250. The number of nitrogens with one attached hydrogen (secondary N) is 1. The van der Waals surface area contributed by atoms with Crippen LogP contribution in [0.15, 0.2) is 21.5 Å². The van der Waals surface area contributed by atoms with Gasteiger partial charge in [0.25, 0.3) is 5.56 Å². The highest BCUT2D eigenvalue weighted by Gasteiger charge is 2.08. The van der Waals surface area contributed by atoms with E-state index < -0.39 is 0 Å². The molecular formula is C8H9N3O2. The van der Waals surface area contributed by atoms with E-state index in [1.165, 1.54) is 6.26 Å². The molecule has 5 heteroatoms. The molecule has 0 bridgehead atoms. The Labute approximate surface area is 73.6 Å². The third-order valence-electron chi connectivity index (χ3n) is 1.76. The van der Waals surface area contributed by atoms with Crippen molar-refractivity contribution in [2.75, 3.05) is 0 Å². The van der Waals surface area contributed by atoms with Gasteiger partial charge in [-0.1, -0.05) is 0 Å². The first-order chi connectivity index (χ1) is 6.18. The third-order valence-corrected chi connectivity index (χ3v) is 1.76. The molecule has 5 nitrogen and oxygen atoms in total. The third kappa shape index (κ3) is 1.23. The van der Waals surface area contributed by atoms with E-state index in [2.05, 4.69) is 9.97 Å². The number of aromatic nitrogens is 2. The molecule has 2 aromatic rings. The van der Waals surface area contributed by atoms with E-state index in [1.807, 2.05) is 0 Å². The minimum absolute atomic E-state index is 0.240. The van der Waals surface area contributed by atoms with E-state index in [0.29, 0.717) is 11.3 Å². The molecule has 1 unspecified atom stereocenters. The summed E-state index contributed by atoms with van der Waals surface area (Å²) in [6.45, 7) is 1.75. The number of nitrogens with two attached hydrogens (primary N) is 1. The van der Waals surface area contributed by atoms with E-state index in [-0.39, 0.29) is 17.2 Å². The van der Waals surface area contributed by atoms with Crippen LogP contribution in [0.25, 0.3) is 11.1 Å². The van der Waals surface area contributed by atoms with Crippen molar-refractivity contribution in [3.8, 4) is 0 Å². The maximum atomic E-state index is 11.3. The largest absolute Gasteiger partial charge is 0.457 e. The van der Waals surface area contributed by atoms with Crippen LogP contribution >= 0.6 is 0 Å². The molecule has 0 aliphatic carbocycles. The number of H-pyrrole nitrogens is 1. The first kappa shape index (κ1) is 8.00. The molecule has 0 saturated carbocycles. The number of furan rings is 1. The molecule has 3 N–H and O–H groups in total. The molecular weight excluding hydrogens is 170 g/mol. The number of fused-ring (bicyclic) bond motifs is 1. The SMILES string of the molecule is CC(N)c1nc2ccoc2c(=O)[nH]1. The number of hydrogen-bond acceptors (Lipinski definition) is 4. The molecule has 0 amide bonds. The predicted molar refractivity (Wildman–Crippen MR) is 47.2 cm³/mol. The summed E-state index contributed by atoms with van der Waals surface area (Å²) in [5.74, 6) is 0.471. The summed E-state index contributed by atoms with van der Waals surface area (Å²) >= 11 is 0. The Balaban J connectivity index is 2.77. The van der Waals surface area contributed by atoms with Crippen LogP contribution in [0, 0.1) is 0 Å². The van der Waals surface area contributed by atoms with Crippen molar-refractivity contribution in [2.45, 2.75) is 13.0 Å². The predicted octanol–water partition coefficient (Wildman–Crippen LogP) is 0.536. The Hall–Kier alpha value is -1.62. The lowest BCUT2D eigenvalue weighted by Gasteiger charge is -2.02. The summed E-state index contributed by atoms with van der Waals surface area (Å²) in [4.78, 5) is 18.0. The topological polar surface area (TPSA) is 84.9 Å². The Kier molecular flexibility index (Phi) is 1.66. The van der Waals surface area contributed by atoms with E-state index in [9.17, 15) is 4.79 Å². The van der Waals surface area contributed by atoms with Gasteiger partial charge in [-0.2, -0.15) is 0 Å². The quantitative estimate of drug-likeness (QED) is 0.668. The van der Waals surface area contributed by atoms with Crippen molar-refractivity contribution < 1.29 is 4.42 Å². The van der Waals surface area contributed by atoms with Gasteiger partial charge >= 0.3 is 0 Å². The number of nitrogens with zero attached hydrogens (tertiary/aromatic N) is 1. The maximum Gasteiger partial charge on any atom is 0.294 e. The molecule has 0 fully saturated rings. The summed E-state index contributed by atoms with van der Waals surface area (Å²) in [6, 6.07) is 1.35. The van der Waals surface area contributed by atoms with Crippen molar-refractivity contribution >= 4 is 11.1 Å². The Morgan fingerprint density at radius 3 is 3.15 bits per heavy atom. The zero-order chi connectivity index (χ0) is 9.42. The van der Waals surface area contributed by atoms with Gasteiger partial charge in [0.05, 0.1) is 12.3 Å². The van der Waals surface area contributed by atoms with Crippen molar-refractivity contribution in [3.05, 3.63) is 28.5 Å². The van der Waals surface area contributed by atoms with Gasteiger partial charge < -0.3 is 15.1 Å². The maximum absolute atomic E-state index is 11.3. The van der Waals surface area contributed by atoms with Crippen molar-refractivity contribution in [2.24, 2.45) is 5.73 Å². The van der Waals surface area contributed by atoms with Gasteiger partial charge in [-0.05, 0) is 6.92 Å². The van der Waals surface area contributed by atoms with E-state index in [0.717, 1.165) is 0 Å². The summed E-state index contributed by atoms with van der Waals surface area (Å²) in [5, 5.41) is 0. The summed E-state index contributed by atoms with van der Waals surface area (Å²) in [6.07, 6.45) is 1.43. The molecule has 0 aromatic carbocycles. The molecule has 0 radical (unpaired) electrons. The molecule has 2 heterocycles. The highest BCUT2D eigenvalue weighted by Crippen LogP contribution is 2.09. The zero-order valence-corrected chi connectivity index (χ0v) is 7.07. The Bertz CT molecular complexity index is 483. The minimum atomic E-state index is -0.290. The average Bonchev–Trinajstić information content (AvgIpc) is 2.51. The van der Waals surface area contributed by atoms with Crippen molar-refractivity contribution in [1.82, 2.24) is 9.97 Å². The smallest absolute Gasteiger partial charge is 0.294 e. The second kappa shape index (κ2) is 2.70. The Morgan fingerprint density at radius 1 is 1.69 bits per heavy atom. The van der Waals surface area contributed by atoms with Crippen LogP contribution in [-0.2, 0) is 0 Å². The van der Waals surface area contributed by atoms with Crippen LogP contribution in [0.3, 0.4) is 0 Å². The lowest BCUT2D eigenvalue weighted by molar-refractivity contribution is 0.607. The van der Waals surface area contributed by atoms with Gasteiger partial charge in [0.2, 0.25) is 5.58 Å². The second-order valence-corrected chi connectivity index (χ2v) is 2.87. The van der Waals surface area contributed by atoms with Gasteiger partial charge in [0.15, 0.2) is 0 Å². The van der Waals surface area contributed by atoms with Crippen LogP contribution < -0.4 is 11.3 Å². The lowest BCUT2D eigenvalue weighted by atomic mass is 10.3. The lowest BCUT2D eigenvalue weighted by Crippen LogP contribution is -2.16. The van der Waals surface area contributed by atoms with E-state index in [1.54, 1.807) is 13.0 Å². The van der Waals surface area contributed by atoms with Gasteiger partial charge in [-0.15, -0.1) is 0 Å². The Morgan fingerprint density at radius 2 is 2.46 bits per heavy atom. The van der Waals surface area contributed by atoms with Crippen LogP contribution in [0.2, 0.25) is 0 Å². The van der Waals surface area contributed by atoms with Gasteiger partial charge in [0, 0.05) is 6.07 Å². The summed E-state index contributed by atoms with van der Waals surface area (Å²) < 4.78 is 4.94. The first-order valence-corrected chi connectivity index (χ1v) is 3.91. The van der Waals surface area contributed by atoms with E-state index >= 15 is 0 Å². The molecule has 0 aliphatic heterocycles. The van der Waals surface area contributed by atoms with Gasteiger partial charge in [0.1, 0.15) is 11.3 Å². The van der Waals surface area contributed by atoms with Gasteiger partial charge in [-0.25, -0.2) is 4.98 Å². The molecule has 68 valence electrons. The molecule has 0 aliphatic rings. The molecule has 13 heavy (non-hydrogen) atoms. The fourth-order valence-corrected chi connectivity index (χ4v) is 1.11. The van der Waals surface area contributed by atoms with Crippen LogP contribution in [0.1, 0.15) is 18.8 Å². The highest BCUT2D eigenvalue weighted by atomic mass is 16.3. The van der Waals surface area contributed by atoms with Crippen LogP contribution in [-0.4, -0.2) is 9.97 Å². The summed E-state index contributed by atoms with van der Waals surface area (Å²) in [7, 11) is 0. The van der Waals surface area contributed by atoms with E-state index in [4.69, 9.17) is 10.2 Å².